The Morgan fingerprint density at radius 3 is 2.30 bits per heavy atom. The lowest BCUT2D eigenvalue weighted by Crippen LogP contribution is -2.38. The standard InChI is InChI=1S/C17H19NO2/c1-13-7-9-15(10-8-13)12-18-16(17(19)20)11-14-5-3-2-4-6-14/h2-10,16,18H,11-12H2,1H3,(H,19,20)/t16-/m1/s1. The van der Waals surface area contributed by atoms with Gasteiger partial charge in [-0.05, 0) is 24.5 Å². The van der Waals surface area contributed by atoms with Crippen molar-refractivity contribution in [1.29, 1.82) is 0 Å². The molecule has 0 unspecified atom stereocenters. The van der Waals surface area contributed by atoms with E-state index in [1.165, 1.54) is 5.56 Å². The molecule has 0 radical (unpaired) electrons. The van der Waals surface area contributed by atoms with Gasteiger partial charge in [0.1, 0.15) is 6.04 Å². The normalized spacial score (nSPS) is 12.1. The second-order valence-corrected chi connectivity index (χ2v) is 4.95. The molecule has 104 valence electrons. The van der Waals surface area contributed by atoms with Crippen LogP contribution in [0.15, 0.2) is 54.6 Å². The van der Waals surface area contributed by atoms with Gasteiger partial charge in [-0.3, -0.25) is 4.79 Å². The van der Waals surface area contributed by atoms with Gasteiger partial charge in [-0.1, -0.05) is 60.2 Å². The highest BCUT2D eigenvalue weighted by Crippen LogP contribution is 2.06. The third kappa shape index (κ3) is 4.21. The molecule has 0 aliphatic carbocycles. The van der Waals surface area contributed by atoms with Crippen molar-refractivity contribution in [3.05, 3.63) is 71.3 Å². The molecule has 2 rings (SSSR count). The van der Waals surface area contributed by atoms with E-state index in [1.54, 1.807) is 0 Å². The monoisotopic (exact) mass is 269 g/mol. The zero-order valence-electron chi connectivity index (χ0n) is 11.5. The Morgan fingerprint density at radius 2 is 1.70 bits per heavy atom. The molecule has 2 N–H and O–H groups in total. The van der Waals surface area contributed by atoms with Gasteiger partial charge in [0, 0.05) is 6.54 Å². The number of rotatable bonds is 6. The Hall–Kier alpha value is -2.13. The molecule has 0 fully saturated rings. The second-order valence-electron chi connectivity index (χ2n) is 4.95. The van der Waals surface area contributed by atoms with E-state index >= 15 is 0 Å². The predicted molar refractivity (Wildman–Crippen MR) is 79.6 cm³/mol. The fraction of sp³-hybridized carbons (Fsp3) is 0.235. The zero-order chi connectivity index (χ0) is 14.4. The highest BCUT2D eigenvalue weighted by atomic mass is 16.4. The Kier molecular flexibility index (Phi) is 4.91. The van der Waals surface area contributed by atoms with Crippen LogP contribution < -0.4 is 5.32 Å². The lowest BCUT2D eigenvalue weighted by Gasteiger charge is -2.14. The molecule has 2 aromatic carbocycles. The minimum atomic E-state index is -0.819. The van der Waals surface area contributed by atoms with Crippen LogP contribution in [0.4, 0.5) is 0 Å². The van der Waals surface area contributed by atoms with Crippen molar-refractivity contribution in [2.75, 3.05) is 0 Å². The van der Waals surface area contributed by atoms with Crippen molar-refractivity contribution in [2.45, 2.75) is 25.9 Å². The van der Waals surface area contributed by atoms with Crippen LogP contribution in [0, 0.1) is 6.92 Å². The summed E-state index contributed by atoms with van der Waals surface area (Å²) in [5.41, 5.74) is 3.32. The molecular formula is C17H19NO2. The molecule has 0 aliphatic rings. The van der Waals surface area contributed by atoms with Crippen molar-refractivity contribution < 1.29 is 9.90 Å². The molecule has 0 aliphatic heterocycles. The largest absolute Gasteiger partial charge is 0.480 e. The summed E-state index contributed by atoms with van der Waals surface area (Å²) in [6.07, 6.45) is 0.488. The Labute approximate surface area is 119 Å². The van der Waals surface area contributed by atoms with Crippen LogP contribution in [0.3, 0.4) is 0 Å². The number of carboxylic acids is 1. The van der Waals surface area contributed by atoms with Crippen molar-refractivity contribution in [3.8, 4) is 0 Å². The Bertz CT molecular complexity index is 549. The molecule has 0 spiro atoms. The maximum Gasteiger partial charge on any atom is 0.321 e. The minimum Gasteiger partial charge on any atom is -0.480 e. The van der Waals surface area contributed by atoms with Crippen molar-refractivity contribution >= 4 is 5.97 Å². The number of aliphatic carboxylic acids is 1. The summed E-state index contributed by atoms with van der Waals surface area (Å²) in [6.45, 7) is 2.59. The van der Waals surface area contributed by atoms with Gasteiger partial charge in [0.2, 0.25) is 0 Å². The molecular weight excluding hydrogens is 250 g/mol. The first-order chi connectivity index (χ1) is 9.65. The van der Waals surface area contributed by atoms with Gasteiger partial charge >= 0.3 is 5.97 Å². The van der Waals surface area contributed by atoms with E-state index in [2.05, 4.69) is 5.32 Å². The van der Waals surface area contributed by atoms with Crippen molar-refractivity contribution in [3.63, 3.8) is 0 Å². The molecule has 0 aromatic heterocycles. The molecule has 3 heteroatoms. The summed E-state index contributed by atoms with van der Waals surface area (Å²) in [4.78, 5) is 11.3. The van der Waals surface area contributed by atoms with Crippen molar-refractivity contribution in [1.82, 2.24) is 5.32 Å². The van der Waals surface area contributed by atoms with E-state index in [1.807, 2.05) is 61.5 Å². The van der Waals surface area contributed by atoms with Crippen LogP contribution in [0.1, 0.15) is 16.7 Å². The summed E-state index contributed by atoms with van der Waals surface area (Å²) >= 11 is 0. The van der Waals surface area contributed by atoms with Crippen LogP contribution in [-0.4, -0.2) is 17.1 Å². The number of nitrogens with one attached hydrogen (secondary N) is 1. The van der Waals surface area contributed by atoms with E-state index in [-0.39, 0.29) is 0 Å². The highest BCUT2D eigenvalue weighted by molar-refractivity contribution is 5.73. The number of hydrogen-bond donors (Lipinski definition) is 2. The molecule has 2 aromatic rings. The first-order valence-electron chi connectivity index (χ1n) is 6.71. The highest BCUT2D eigenvalue weighted by Gasteiger charge is 2.16. The maximum absolute atomic E-state index is 11.3. The number of carbonyl (C=O) groups is 1. The topological polar surface area (TPSA) is 49.3 Å². The lowest BCUT2D eigenvalue weighted by atomic mass is 10.1. The van der Waals surface area contributed by atoms with Gasteiger partial charge in [-0.2, -0.15) is 0 Å². The third-order valence-electron chi connectivity index (χ3n) is 3.25. The molecule has 0 heterocycles. The van der Waals surface area contributed by atoms with E-state index in [4.69, 9.17) is 0 Å². The smallest absolute Gasteiger partial charge is 0.321 e. The fourth-order valence-corrected chi connectivity index (χ4v) is 2.04. The van der Waals surface area contributed by atoms with Crippen LogP contribution >= 0.6 is 0 Å². The van der Waals surface area contributed by atoms with Crippen LogP contribution in [0.5, 0.6) is 0 Å². The maximum atomic E-state index is 11.3. The summed E-state index contributed by atoms with van der Waals surface area (Å²) in [7, 11) is 0. The predicted octanol–water partition coefficient (Wildman–Crippen LogP) is 2.78. The van der Waals surface area contributed by atoms with Gasteiger partial charge in [0.05, 0.1) is 0 Å². The SMILES string of the molecule is Cc1ccc(CN[C@H](Cc2ccccc2)C(=O)O)cc1. The fourth-order valence-electron chi connectivity index (χ4n) is 2.04. The van der Waals surface area contributed by atoms with E-state index in [0.717, 1.165) is 11.1 Å². The second kappa shape index (κ2) is 6.87. The van der Waals surface area contributed by atoms with E-state index in [0.29, 0.717) is 13.0 Å². The van der Waals surface area contributed by atoms with Crippen LogP contribution in [0.2, 0.25) is 0 Å². The van der Waals surface area contributed by atoms with Gasteiger partial charge in [-0.25, -0.2) is 0 Å². The lowest BCUT2D eigenvalue weighted by molar-refractivity contribution is -0.139. The number of aryl methyl sites for hydroxylation is 1. The zero-order valence-corrected chi connectivity index (χ0v) is 11.5. The van der Waals surface area contributed by atoms with E-state index < -0.39 is 12.0 Å². The summed E-state index contributed by atoms with van der Waals surface area (Å²) in [6, 6.07) is 17.2. The average Bonchev–Trinajstić information content (AvgIpc) is 2.46. The number of benzene rings is 2. The van der Waals surface area contributed by atoms with Crippen molar-refractivity contribution in [2.24, 2.45) is 0 Å². The summed E-state index contributed by atoms with van der Waals surface area (Å²) < 4.78 is 0. The molecule has 0 bridgehead atoms. The number of hydrogen-bond acceptors (Lipinski definition) is 2. The first kappa shape index (κ1) is 14.3. The van der Waals surface area contributed by atoms with Gasteiger partial charge < -0.3 is 10.4 Å². The van der Waals surface area contributed by atoms with Gasteiger partial charge in [0.15, 0.2) is 0 Å². The average molecular weight is 269 g/mol. The van der Waals surface area contributed by atoms with E-state index in [9.17, 15) is 9.90 Å². The molecule has 0 amide bonds. The number of carboxylic acid groups (broad SMARTS) is 1. The molecule has 0 saturated heterocycles. The minimum absolute atomic E-state index is 0.488. The molecule has 0 saturated carbocycles. The molecule has 1 atom stereocenters. The Morgan fingerprint density at radius 1 is 1.05 bits per heavy atom. The summed E-state index contributed by atoms with van der Waals surface area (Å²) in [5, 5.41) is 12.4. The van der Waals surface area contributed by atoms with Crippen LogP contribution in [-0.2, 0) is 17.8 Å². The first-order valence-corrected chi connectivity index (χ1v) is 6.71. The van der Waals surface area contributed by atoms with Crippen LogP contribution in [0.25, 0.3) is 0 Å². The summed E-state index contributed by atoms with van der Waals surface area (Å²) in [5.74, 6) is -0.819. The third-order valence-corrected chi connectivity index (χ3v) is 3.25. The molecule has 20 heavy (non-hydrogen) atoms. The van der Waals surface area contributed by atoms with Gasteiger partial charge in [-0.15, -0.1) is 0 Å². The molecule has 3 nitrogen and oxygen atoms in total. The quantitative estimate of drug-likeness (QED) is 0.847. The Balaban J connectivity index is 1.96. The van der Waals surface area contributed by atoms with Gasteiger partial charge in [0.25, 0.3) is 0 Å².